The lowest BCUT2D eigenvalue weighted by molar-refractivity contribution is 0.0713. The number of hydrogen-bond acceptors (Lipinski definition) is 4. The molecule has 4 heteroatoms. The van der Waals surface area contributed by atoms with E-state index >= 15 is 0 Å². The molecule has 110 valence electrons. The Morgan fingerprint density at radius 2 is 1.28 bits per heavy atom. The van der Waals surface area contributed by atoms with Crippen molar-refractivity contribution in [2.75, 3.05) is 13.7 Å². The minimum atomic E-state index is -0.569. The van der Waals surface area contributed by atoms with Crippen molar-refractivity contribution in [3.05, 3.63) is 0 Å². The van der Waals surface area contributed by atoms with E-state index < -0.39 is 6.16 Å². The first-order chi connectivity index (χ1) is 8.31. The average Bonchev–Trinajstić information content (AvgIpc) is 2.35. The summed E-state index contributed by atoms with van der Waals surface area (Å²) in [5, 5.41) is 0. The Labute approximate surface area is 112 Å². The SMILES string of the molecule is CCCCCCCCCCCCOC(=O)OC.N. The summed E-state index contributed by atoms with van der Waals surface area (Å²) in [6.07, 6.45) is 12.3. The van der Waals surface area contributed by atoms with Crippen molar-refractivity contribution in [1.29, 1.82) is 0 Å². The lowest BCUT2D eigenvalue weighted by Crippen LogP contribution is -2.05. The molecule has 0 fully saturated rings. The van der Waals surface area contributed by atoms with Crippen LogP contribution in [-0.4, -0.2) is 19.9 Å². The van der Waals surface area contributed by atoms with E-state index in [2.05, 4.69) is 11.7 Å². The number of carbonyl (C=O) groups excluding carboxylic acids is 1. The van der Waals surface area contributed by atoms with Crippen molar-refractivity contribution in [2.24, 2.45) is 0 Å². The van der Waals surface area contributed by atoms with Gasteiger partial charge in [0.15, 0.2) is 0 Å². The van der Waals surface area contributed by atoms with E-state index in [4.69, 9.17) is 4.74 Å². The number of methoxy groups -OCH3 is 1. The van der Waals surface area contributed by atoms with Gasteiger partial charge in [-0.05, 0) is 6.42 Å². The second kappa shape index (κ2) is 16.2. The highest BCUT2D eigenvalue weighted by molar-refractivity contribution is 5.59. The molecule has 0 unspecified atom stereocenters. The van der Waals surface area contributed by atoms with Crippen molar-refractivity contribution in [2.45, 2.75) is 71.1 Å². The molecule has 0 heterocycles. The van der Waals surface area contributed by atoms with Crippen LogP contribution in [0, 0.1) is 0 Å². The van der Waals surface area contributed by atoms with Crippen molar-refractivity contribution in [1.82, 2.24) is 6.15 Å². The number of carbonyl (C=O) groups is 1. The third kappa shape index (κ3) is 15.2. The van der Waals surface area contributed by atoms with Gasteiger partial charge in [0.25, 0.3) is 0 Å². The fraction of sp³-hybridized carbons (Fsp3) is 0.929. The molecule has 0 aromatic rings. The maximum absolute atomic E-state index is 10.6. The molecule has 0 aliphatic carbocycles. The average molecular weight is 261 g/mol. The van der Waals surface area contributed by atoms with E-state index in [-0.39, 0.29) is 6.15 Å². The lowest BCUT2D eigenvalue weighted by Gasteiger charge is -2.03. The van der Waals surface area contributed by atoms with Crippen molar-refractivity contribution >= 4 is 6.16 Å². The monoisotopic (exact) mass is 261 g/mol. The summed E-state index contributed by atoms with van der Waals surface area (Å²) in [7, 11) is 1.33. The van der Waals surface area contributed by atoms with E-state index in [0.29, 0.717) is 6.61 Å². The first-order valence-corrected chi connectivity index (χ1v) is 7.02. The van der Waals surface area contributed by atoms with E-state index in [9.17, 15) is 4.79 Å². The van der Waals surface area contributed by atoms with Crippen LogP contribution in [0.3, 0.4) is 0 Å². The first kappa shape index (κ1) is 19.6. The molecule has 0 bridgehead atoms. The summed E-state index contributed by atoms with van der Waals surface area (Å²) in [6.45, 7) is 2.74. The van der Waals surface area contributed by atoms with Gasteiger partial charge in [-0.1, -0.05) is 64.7 Å². The van der Waals surface area contributed by atoms with Crippen molar-refractivity contribution in [3.63, 3.8) is 0 Å². The van der Waals surface area contributed by atoms with Gasteiger partial charge in [-0.15, -0.1) is 0 Å². The Bertz CT molecular complexity index is 174. The van der Waals surface area contributed by atoms with Gasteiger partial charge in [0.05, 0.1) is 13.7 Å². The minimum absolute atomic E-state index is 0. The summed E-state index contributed by atoms with van der Waals surface area (Å²) in [5.74, 6) is 0. The van der Waals surface area contributed by atoms with E-state index in [1.54, 1.807) is 0 Å². The molecule has 4 nitrogen and oxygen atoms in total. The second-order valence-corrected chi connectivity index (χ2v) is 4.48. The zero-order chi connectivity index (χ0) is 12.8. The molecule has 0 saturated carbocycles. The zero-order valence-electron chi connectivity index (χ0n) is 12.2. The molecular weight excluding hydrogens is 230 g/mol. The van der Waals surface area contributed by atoms with Gasteiger partial charge in [0, 0.05) is 0 Å². The molecule has 0 aliphatic heterocycles. The molecule has 0 aromatic carbocycles. The van der Waals surface area contributed by atoms with Crippen molar-refractivity contribution in [3.8, 4) is 0 Å². The van der Waals surface area contributed by atoms with Crippen LogP contribution in [0.5, 0.6) is 0 Å². The van der Waals surface area contributed by atoms with Crippen LogP contribution in [-0.2, 0) is 9.47 Å². The third-order valence-corrected chi connectivity index (χ3v) is 2.88. The van der Waals surface area contributed by atoms with Gasteiger partial charge in [-0.2, -0.15) is 0 Å². The van der Waals surface area contributed by atoms with Crippen LogP contribution >= 0.6 is 0 Å². The fourth-order valence-electron chi connectivity index (χ4n) is 1.80. The largest absolute Gasteiger partial charge is 0.507 e. The summed E-state index contributed by atoms with van der Waals surface area (Å²) in [4.78, 5) is 10.6. The summed E-state index contributed by atoms with van der Waals surface area (Å²) >= 11 is 0. The zero-order valence-corrected chi connectivity index (χ0v) is 12.2. The molecule has 18 heavy (non-hydrogen) atoms. The predicted molar refractivity (Wildman–Crippen MR) is 75.2 cm³/mol. The van der Waals surface area contributed by atoms with Gasteiger partial charge in [-0.3, -0.25) is 0 Å². The normalized spacial score (nSPS) is 9.67. The van der Waals surface area contributed by atoms with Gasteiger partial charge < -0.3 is 15.6 Å². The Balaban J connectivity index is 0. The molecule has 0 spiro atoms. The summed E-state index contributed by atoms with van der Waals surface area (Å²) in [6, 6.07) is 0. The summed E-state index contributed by atoms with van der Waals surface area (Å²) in [5.41, 5.74) is 0. The second-order valence-electron chi connectivity index (χ2n) is 4.48. The molecule has 0 aromatic heterocycles. The maximum atomic E-state index is 10.6. The quantitative estimate of drug-likeness (QED) is 0.426. The molecule has 0 amide bonds. The molecule has 0 radical (unpaired) electrons. The number of unbranched alkanes of at least 4 members (excludes halogenated alkanes) is 9. The topological polar surface area (TPSA) is 70.5 Å². The Kier molecular flexibility index (Phi) is 17.6. The molecular formula is C14H31NO3. The highest BCUT2D eigenvalue weighted by Gasteiger charge is 1.98. The van der Waals surface area contributed by atoms with Crippen LogP contribution in [0.1, 0.15) is 71.1 Å². The number of ether oxygens (including phenoxy) is 2. The highest BCUT2D eigenvalue weighted by Crippen LogP contribution is 2.10. The van der Waals surface area contributed by atoms with Crippen LogP contribution in [0.15, 0.2) is 0 Å². The van der Waals surface area contributed by atoms with Gasteiger partial charge >= 0.3 is 6.16 Å². The Morgan fingerprint density at radius 3 is 1.72 bits per heavy atom. The smallest absolute Gasteiger partial charge is 0.438 e. The molecule has 0 atom stereocenters. The fourth-order valence-corrected chi connectivity index (χ4v) is 1.80. The van der Waals surface area contributed by atoms with Gasteiger partial charge in [0.2, 0.25) is 0 Å². The number of hydrogen-bond donors (Lipinski definition) is 1. The first-order valence-electron chi connectivity index (χ1n) is 7.02. The minimum Gasteiger partial charge on any atom is -0.438 e. The van der Waals surface area contributed by atoms with Gasteiger partial charge in [-0.25, -0.2) is 4.79 Å². The van der Waals surface area contributed by atoms with E-state index in [1.165, 1.54) is 58.5 Å². The number of rotatable bonds is 11. The molecule has 3 N–H and O–H groups in total. The Hall–Kier alpha value is -0.770. The molecule has 0 saturated heterocycles. The molecule has 0 rings (SSSR count). The maximum Gasteiger partial charge on any atom is 0.507 e. The lowest BCUT2D eigenvalue weighted by atomic mass is 10.1. The van der Waals surface area contributed by atoms with E-state index in [0.717, 1.165) is 12.8 Å². The third-order valence-electron chi connectivity index (χ3n) is 2.88. The van der Waals surface area contributed by atoms with Gasteiger partial charge in [0.1, 0.15) is 0 Å². The standard InChI is InChI=1S/C14H28O3.H3N/c1-3-4-5-6-7-8-9-10-11-12-13-17-14(15)16-2;/h3-13H2,1-2H3;1H3. The summed E-state index contributed by atoms with van der Waals surface area (Å²) < 4.78 is 9.18. The predicted octanol–water partition coefficient (Wildman–Crippen LogP) is 4.85. The van der Waals surface area contributed by atoms with Crippen LogP contribution < -0.4 is 6.15 Å². The van der Waals surface area contributed by atoms with Crippen LogP contribution in [0.25, 0.3) is 0 Å². The highest BCUT2D eigenvalue weighted by atomic mass is 16.7. The van der Waals surface area contributed by atoms with Crippen molar-refractivity contribution < 1.29 is 14.3 Å². The molecule has 0 aliphatic rings. The van der Waals surface area contributed by atoms with Crippen LogP contribution in [0.4, 0.5) is 4.79 Å². The van der Waals surface area contributed by atoms with Crippen LogP contribution in [0.2, 0.25) is 0 Å². The van der Waals surface area contributed by atoms with E-state index in [1.807, 2.05) is 0 Å². The Morgan fingerprint density at radius 1 is 0.833 bits per heavy atom.